The molecular formula is C31H33NO. The molecule has 3 aromatic rings. The molecule has 0 saturated carbocycles. The molecule has 0 heterocycles. The zero-order valence-corrected chi connectivity index (χ0v) is 20.5. The van der Waals surface area contributed by atoms with E-state index >= 15 is 0 Å². The minimum Gasteiger partial charge on any atom is -0.507 e. The predicted octanol–water partition coefficient (Wildman–Crippen LogP) is 8.35. The van der Waals surface area contributed by atoms with E-state index in [1.807, 2.05) is 40.8 Å². The highest BCUT2D eigenvalue weighted by Gasteiger charge is 2.17. The second kappa shape index (κ2) is 10.8. The van der Waals surface area contributed by atoms with Crippen LogP contribution in [0.5, 0.6) is 0 Å². The average Bonchev–Trinajstić information content (AvgIpc) is 2.81. The Morgan fingerprint density at radius 1 is 0.727 bits per heavy atom. The van der Waals surface area contributed by atoms with Gasteiger partial charge in [0.05, 0.1) is 5.71 Å². The lowest BCUT2D eigenvalue weighted by Gasteiger charge is -2.17. The summed E-state index contributed by atoms with van der Waals surface area (Å²) in [5.41, 5.74) is 10.2. The fraction of sp³-hybridized carbons (Fsp3) is 0.194. The lowest BCUT2D eigenvalue weighted by molar-refractivity contribution is 0.419. The molecule has 0 amide bonds. The highest BCUT2D eigenvalue weighted by molar-refractivity contribution is 6.14. The van der Waals surface area contributed by atoms with E-state index in [0.717, 1.165) is 44.7 Å². The van der Waals surface area contributed by atoms with Gasteiger partial charge in [-0.3, -0.25) is 4.99 Å². The number of aliphatic hydroxyl groups excluding tert-OH is 1. The summed E-state index contributed by atoms with van der Waals surface area (Å²) >= 11 is 0. The first-order valence-electron chi connectivity index (χ1n) is 11.3. The zero-order valence-electron chi connectivity index (χ0n) is 20.5. The van der Waals surface area contributed by atoms with Gasteiger partial charge in [-0.05, 0) is 74.6 Å². The smallest absolute Gasteiger partial charge is 0.121 e. The van der Waals surface area contributed by atoms with Crippen LogP contribution in [0.15, 0.2) is 112 Å². The monoisotopic (exact) mass is 435 g/mol. The first-order chi connectivity index (χ1) is 15.8. The molecule has 0 spiro atoms. The van der Waals surface area contributed by atoms with Crippen molar-refractivity contribution in [3.05, 3.63) is 124 Å². The SMILES string of the molecule is C/N=C(\C=C(/C(=C(C)C)C(O)=C(C)C)c1cccc(C)c1)c1cccc(-c2ccccc2)c1. The van der Waals surface area contributed by atoms with Gasteiger partial charge < -0.3 is 5.11 Å². The van der Waals surface area contributed by atoms with Crippen LogP contribution in [0, 0.1) is 6.92 Å². The Hall–Kier alpha value is -3.65. The topological polar surface area (TPSA) is 32.6 Å². The van der Waals surface area contributed by atoms with Crippen molar-refractivity contribution >= 4 is 11.3 Å². The molecule has 33 heavy (non-hydrogen) atoms. The van der Waals surface area contributed by atoms with Crippen molar-refractivity contribution in [3.63, 3.8) is 0 Å². The van der Waals surface area contributed by atoms with Crippen LogP contribution in [0.1, 0.15) is 44.4 Å². The molecule has 3 rings (SSSR count). The van der Waals surface area contributed by atoms with E-state index in [-0.39, 0.29) is 0 Å². The molecule has 0 aliphatic heterocycles. The van der Waals surface area contributed by atoms with Crippen molar-refractivity contribution in [1.82, 2.24) is 0 Å². The van der Waals surface area contributed by atoms with Crippen LogP contribution in [0.25, 0.3) is 16.7 Å². The van der Waals surface area contributed by atoms with Crippen LogP contribution in [0.2, 0.25) is 0 Å². The third kappa shape index (κ3) is 5.78. The normalized spacial score (nSPS) is 11.8. The molecule has 168 valence electrons. The number of hydrogen-bond donors (Lipinski definition) is 1. The molecule has 0 atom stereocenters. The molecule has 0 aliphatic carbocycles. The number of aliphatic imine (C=N–C) groups is 1. The Labute approximate surface area is 198 Å². The molecule has 2 nitrogen and oxygen atoms in total. The zero-order chi connectivity index (χ0) is 24.0. The van der Waals surface area contributed by atoms with E-state index in [1.54, 1.807) is 0 Å². The minimum atomic E-state index is 0.316. The molecule has 0 saturated heterocycles. The van der Waals surface area contributed by atoms with Gasteiger partial charge in [0.1, 0.15) is 5.76 Å². The summed E-state index contributed by atoms with van der Waals surface area (Å²) in [4.78, 5) is 4.65. The number of rotatable bonds is 6. The standard InChI is InChI=1S/C31H33NO/c1-21(2)30(31(33)22(3)4)28(26-16-10-12-23(5)18-26)20-29(32-6)27-17-11-15-25(19-27)24-13-8-7-9-14-24/h7-20,33H,1-6H3/b28-20-,32-29+. The Morgan fingerprint density at radius 2 is 1.36 bits per heavy atom. The van der Waals surface area contributed by atoms with E-state index in [4.69, 9.17) is 0 Å². The van der Waals surface area contributed by atoms with Gasteiger partial charge in [0.2, 0.25) is 0 Å². The van der Waals surface area contributed by atoms with Crippen LogP contribution in [0.4, 0.5) is 0 Å². The molecule has 2 heteroatoms. The predicted molar refractivity (Wildman–Crippen MR) is 143 cm³/mol. The number of benzene rings is 3. The van der Waals surface area contributed by atoms with E-state index in [1.165, 1.54) is 11.1 Å². The molecule has 0 bridgehead atoms. The van der Waals surface area contributed by atoms with Crippen molar-refractivity contribution in [1.29, 1.82) is 0 Å². The second-order valence-electron chi connectivity index (χ2n) is 8.71. The number of nitrogens with zero attached hydrogens (tertiary/aromatic N) is 1. The lowest BCUT2D eigenvalue weighted by Crippen LogP contribution is -2.04. The Bertz CT molecular complexity index is 1250. The van der Waals surface area contributed by atoms with Crippen molar-refractivity contribution < 1.29 is 5.11 Å². The Morgan fingerprint density at radius 3 is 1.97 bits per heavy atom. The molecule has 0 aromatic heterocycles. The average molecular weight is 436 g/mol. The van der Waals surface area contributed by atoms with Crippen LogP contribution in [0.3, 0.4) is 0 Å². The Kier molecular flexibility index (Phi) is 7.84. The van der Waals surface area contributed by atoms with Crippen LogP contribution < -0.4 is 0 Å². The lowest BCUT2D eigenvalue weighted by atomic mass is 9.89. The van der Waals surface area contributed by atoms with Gasteiger partial charge >= 0.3 is 0 Å². The van der Waals surface area contributed by atoms with E-state index in [2.05, 4.69) is 90.8 Å². The molecule has 1 N–H and O–H groups in total. The van der Waals surface area contributed by atoms with Crippen molar-refractivity contribution in [2.45, 2.75) is 34.6 Å². The van der Waals surface area contributed by atoms with Gasteiger partial charge in [0, 0.05) is 18.2 Å². The molecule has 0 fully saturated rings. The summed E-state index contributed by atoms with van der Waals surface area (Å²) in [5.74, 6) is 0.316. The second-order valence-corrected chi connectivity index (χ2v) is 8.71. The van der Waals surface area contributed by atoms with E-state index in [9.17, 15) is 5.11 Å². The maximum absolute atomic E-state index is 11.0. The molecular weight excluding hydrogens is 402 g/mol. The summed E-state index contributed by atoms with van der Waals surface area (Å²) in [7, 11) is 1.82. The van der Waals surface area contributed by atoms with Gasteiger partial charge in [-0.1, -0.05) is 83.9 Å². The van der Waals surface area contributed by atoms with Crippen molar-refractivity contribution in [3.8, 4) is 11.1 Å². The van der Waals surface area contributed by atoms with Crippen LogP contribution >= 0.6 is 0 Å². The number of aliphatic hydroxyl groups is 1. The number of aryl methyl sites for hydroxylation is 1. The van der Waals surface area contributed by atoms with Crippen LogP contribution in [-0.2, 0) is 0 Å². The van der Waals surface area contributed by atoms with Gasteiger partial charge in [-0.2, -0.15) is 0 Å². The van der Waals surface area contributed by atoms with Gasteiger partial charge in [-0.15, -0.1) is 0 Å². The van der Waals surface area contributed by atoms with Gasteiger partial charge in [0.15, 0.2) is 0 Å². The quantitative estimate of drug-likeness (QED) is 0.235. The van der Waals surface area contributed by atoms with Crippen molar-refractivity contribution in [2.24, 2.45) is 4.99 Å². The molecule has 0 radical (unpaired) electrons. The number of hydrogen-bond acceptors (Lipinski definition) is 2. The van der Waals surface area contributed by atoms with E-state index in [0.29, 0.717) is 5.76 Å². The Balaban J connectivity index is 2.22. The van der Waals surface area contributed by atoms with Gasteiger partial charge in [0.25, 0.3) is 0 Å². The summed E-state index contributed by atoms with van der Waals surface area (Å²) in [5, 5.41) is 11.0. The van der Waals surface area contributed by atoms with E-state index < -0.39 is 0 Å². The summed E-state index contributed by atoms with van der Waals surface area (Å²) in [6.45, 7) is 10.0. The van der Waals surface area contributed by atoms with Gasteiger partial charge in [-0.25, -0.2) is 0 Å². The largest absolute Gasteiger partial charge is 0.507 e. The summed E-state index contributed by atoms with van der Waals surface area (Å²) in [6, 6.07) is 27.2. The third-order valence-electron chi connectivity index (χ3n) is 5.60. The molecule has 0 unspecified atom stereocenters. The fourth-order valence-corrected chi connectivity index (χ4v) is 3.90. The molecule has 3 aromatic carbocycles. The minimum absolute atomic E-state index is 0.316. The summed E-state index contributed by atoms with van der Waals surface area (Å²) in [6.07, 6.45) is 2.10. The maximum Gasteiger partial charge on any atom is 0.121 e. The first-order valence-corrected chi connectivity index (χ1v) is 11.3. The summed E-state index contributed by atoms with van der Waals surface area (Å²) < 4.78 is 0. The highest BCUT2D eigenvalue weighted by atomic mass is 16.3. The highest BCUT2D eigenvalue weighted by Crippen LogP contribution is 2.33. The first kappa shape index (κ1) is 24.0. The molecule has 0 aliphatic rings. The fourth-order valence-electron chi connectivity index (χ4n) is 3.90. The number of allylic oxidation sites excluding steroid dienone is 4. The van der Waals surface area contributed by atoms with Crippen LogP contribution in [-0.4, -0.2) is 17.9 Å². The maximum atomic E-state index is 11.0. The third-order valence-corrected chi connectivity index (χ3v) is 5.60. The van der Waals surface area contributed by atoms with Crippen molar-refractivity contribution in [2.75, 3.05) is 7.05 Å².